The van der Waals surface area contributed by atoms with Gasteiger partial charge in [0.1, 0.15) is 11.9 Å². The number of nitrogens with one attached hydrogen (secondary N) is 1. The van der Waals surface area contributed by atoms with Crippen molar-refractivity contribution in [2.45, 2.75) is 57.5 Å². The standard InChI is InChI=1S/C17H28N4O3/c1-3-23-10-11-24-12(2)17(22)21-8-6-14(7-9-21)16-18-15(19-20-16)13-4-5-13/h12-14H,3-11H2,1-2H3,(H,18,19,20). The first-order valence-electron chi connectivity index (χ1n) is 9.09. The quantitative estimate of drug-likeness (QED) is 0.733. The maximum Gasteiger partial charge on any atom is 0.251 e. The summed E-state index contributed by atoms with van der Waals surface area (Å²) in [6.45, 7) is 6.93. The summed E-state index contributed by atoms with van der Waals surface area (Å²) in [6.07, 6.45) is 3.87. The molecule has 2 fully saturated rings. The van der Waals surface area contributed by atoms with Crippen LogP contribution in [0.3, 0.4) is 0 Å². The topological polar surface area (TPSA) is 80.3 Å². The van der Waals surface area contributed by atoms with E-state index in [2.05, 4.69) is 15.2 Å². The van der Waals surface area contributed by atoms with E-state index in [4.69, 9.17) is 9.47 Å². The SMILES string of the molecule is CCOCCOC(C)C(=O)N1CCC(c2nc(C3CC3)n[nH]2)CC1. The van der Waals surface area contributed by atoms with Crippen molar-refractivity contribution < 1.29 is 14.3 Å². The lowest BCUT2D eigenvalue weighted by molar-refractivity contribution is -0.144. The first-order chi connectivity index (χ1) is 11.7. The van der Waals surface area contributed by atoms with Gasteiger partial charge < -0.3 is 14.4 Å². The molecule has 1 aromatic rings. The number of aromatic nitrogens is 3. The smallest absolute Gasteiger partial charge is 0.251 e. The van der Waals surface area contributed by atoms with Gasteiger partial charge in [-0.15, -0.1) is 0 Å². The van der Waals surface area contributed by atoms with Crippen molar-refractivity contribution >= 4 is 5.91 Å². The van der Waals surface area contributed by atoms with Crippen LogP contribution < -0.4 is 0 Å². The normalized spacial score (nSPS) is 20.3. The Morgan fingerprint density at radius 2 is 2.00 bits per heavy atom. The van der Waals surface area contributed by atoms with E-state index in [0.29, 0.717) is 31.7 Å². The zero-order valence-electron chi connectivity index (χ0n) is 14.7. The first kappa shape index (κ1) is 17.4. The minimum absolute atomic E-state index is 0.0705. The number of carbonyl (C=O) groups excluding carboxylic acids is 1. The maximum absolute atomic E-state index is 12.4. The first-order valence-corrected chi connectivity index (χ1v) is 9.09. The Hall–Kier alpha value is -1.47. The molecule has 0 spiro atoms. The number of H-pyrrole nitrogens is 1. The molecular formula is C17H28N4O3. The highest BCUT2D eigenvalue weighted by atomic mass is 16.5. The van der Waals surface area contributed by atoms with E-state index in [-0.39, 0.29) is 5.91 Å². The average molecular weight is 336 g/mol. The van der Waals surface area contributed by atoms with E-state index >= 15 is 0 Å². The molecule has 7 nitrogen and oxygen atoms in total. The number of piperidine rings is 1. The second-order valence-corrected chi connectivity index (χ2v) is 6.66. The second-order valence-electron chi connectivity index (χ2n) is 6.66. The van der Waals surface area contributed by atoms with E-state index in [9.17, 15) is 4.79 Å². The van der Waals surface area contributed by atoms with Crippen LogP contribution in [0.1, 0.15) is 63.0 Å². The predicted molar refractivity (Wildman–Crippen MR) is 88.8 cm³/mol. The van der Waals surface area contributed by atoms with Gasteiger partial charge in [0.05, 0.1) is 13.2 Å². The lowest BCUT2D eigenvalue weighted by atomic mass is 9.96. The molecule has 2 aliphatic rings. The summed E-state index contributed by atoms with van der Waals surface area (Å²) in [6, 6.07) is 0. The molecule has 7 heteroatoms. The molecule has 134 valence electrons. The molecule has 2 heterocycles. The van der Waals surface area contributed by atoms with Crippen LogP contribution in [0, 0.1) is 0 Å². The third-order valence-electron chi connectivity index (χ3n) is 4.80. The van der Waals surface area contributed by atoms with Crippen molar-refractivity contribution in [1.82, 2.24) is 20.1 Å². The van der Waals surface area contributed by atoms with Crippen molar-refractivity contribution in [1.29, 1.82) is 0 Å². The van der Waals surface area contributed by atoms with Crippen LogP contribution >= 0.6 is 0 Å². The van der Waals surface area contributed by atoms with Crippen LogP contribution in [0.2, 0.25) is 0 Å². The van der Waals surface area contributed by atoms with Crippen LogP contribution in [0.15, 0.2) is 0 Å². The Labute approximate surface area is 143 Å². The van der Waals surface area contributed by atoms with Gasteiger partial charge in [0.2, 0.25) is 0 Å². The summed E-state index contributed by atoms with van der Waals surface area (Å²) in [5.74, 6) is 2.99. The highest BCUT2D eigenvalue weighted by Gasteiger charge is 2.31. The van der Waals surface area contributed by atoms with E-state index < -0.39 is 6.10 Å². The third kappa shape index (κ3) is 4.33. The van der Waals surface area contributed by atoms with Gasteiger partial charge >= 0.3 is 0 Å². The maximum atomic E-state index is 12.4. The molecular weight excluding hydrogens is 308 g/mol. The number of likely N-dealkylation sites (tertiary alicyclic amines) is 1. The van der Waals surface area contributed by atoms with Crippen molar-refractivity contribution in [3.63, 3.8) is 0 Å². The summed E-state index contributed by atoms with van der Waals surface area (Å²) in [7, 11) is 0. The van der Waals surface area contributed by atoms with Crippen LogP contribution in [0.25, 0.3) is 0 Å². The Kier molecular flexibility index (Phi) is 5.84. The van der Waals surface area contributed by atoms with Gasteiger partial charge in [-0.1, -0.05) is 0 Å². The molecule has 24 heavy (non-hydrogen) atoms. The van der Waals surface area contributed by atoms with Gasteiger partial charge in [-0.05, 0) is 39.5 Å². The van der Waals surface area contributed by atoms with Crippen LogP contribution in [0.5, 0.6) is 0 Å². The van der Waals surface area contributed by atoms with E-state index in [0.717, 1.165) is 37.6 Å². The number of rotatable bonds is 8. The van der Waals surface area contributed by atoms with Crippen molar-refractivity contribution in [2.24, 2.45) is 0 Å². The molecule has 3 rings (SSSR count). The van der Waals surface area contributed by atoms with Crippen LogP contribution in [-0.2, 0) is 14.3 Å². The summed E-state index contributed by atoms with van der Waals surface area (Å²) in [4.78, 5) is 19.0. The molecule has 1 aliphatic heterocycles. The zero-order valence-corrected chi connectivity index (χ0v) is 14.7. The van der Waals surface area contributed by atoms with E-state index in [1.54, 1.807) is 0 Å². The summed E-state index contributed by atoms with van der Waals surface area (Å²) >= 11 is 0. The summed E-state index contributed by atoms with van der Waals surface area (Å²) in [5.41, 5.74) is 0. The number of aromatic amines is 1. The molecule has 1 aromatic heterocycles. The molecule has 1 saturated carbocycles. The number of carbonyl (C=O) groups is 1. The molecule has 1 amide bonds. The fourth-order valence-corrected chi connectivity index (χ4v) is 3.12. The van der Waals surface area contributed by atoms with Crippen molar-refractivity contribution in [2.75, 3.05) is 32.9 Å². The molecule has 1 aliphatic carbocycles. The van der Waals surface area contributed by atoms with Gasteiger partial charge in [-0.25, -0.2) is 4.98 Å². The summed E-state index contributed by atoms with van der Waals surface area (Å²) < 4.78 is 10.8. The Morgan fingerprint density at radius 1 is 1.25 bits per heavy atom. The van der Waals surface area contributed by atoms with E-state index in [1.165, 1.54) is 12.8 Å². The number of hydrogen-bond acceptors (Lipinski definition) is 5. The Balaban J connectivity index is 1.42. The predicted octanol–water partition coefficient (Wildman–Crippen LogP) is 1.83. The largest absolute Gasteiger partial charge is 0.379 e. The Bertz CT molecular complexity index is 536. The minimum Gasteiger partial charge on any atom is -0.379 e. The van der Waals surface area contributed by atoms with Gasteiger partial charge in [-0.3, -0.25) is 9.89 Å². The van der Waals surface area contributed by atoms with Gasteiger partial charge in [0.25, 0.3) is 5.91 Å². The fraction of sp³-hybridized carbons (Fsp3) is 0.824. The lowest BCUT2D eigenvalue weighted by Crippen LogP contribution is -2.43. The lowest BCUT2D eigenvalue weighted by Gasteiger charge is -2.32. The van der Waals surface area contributed by atoms with Gasteiger partial charge in [-0.2, -0.15) is 5.10 Å². The monoisotopic (exact) mass is 336 g/mol. The molecule has 1 atom stereocenters. The molecule has 0 aromatic carbocycles. The van der Waals surface area contributed by atoms with Crippen LogP contribution in [0.4, 0.5) is 0 Å². The molecule has 1 saturated heterocycles. The number of ether oxygens (including phenoxy) is 2. The number of amides is 1. The number of hydrogen-bond donors (Lipinski definition) is 1. The minimum atomic E-state index is -0.409. The molecule has 0 bridgehead atoms. The second kappa shape index (κ2) is 8.07. The van der Waals surface area contributed by atoms with E-state index in [1.807, 2.05) is 18.7 Å². The zero-order chi connectivity index (χ0) is 16.9. The van der Waals surface area contributed by atoms with Crippen LogP contribution in [-0.4, -0.2) is 65.0 Å². The number of nitrogens with zero attached hydrogens (tertiary/aromatic N) is 3. The Morgan fingerprint density at radius 3 is 2.67 bits per heavy atom. The third-order valence-corrected chi connectivity index (χ3v) is 4.80. The van der Waals surface area contributed by atoms with Gasteiger partial charge in [0.15, 0.2) is 5.82 Å². The van der Waals surface area contributed by atoms with Crippen molar-refractivity contribution in [3.8, 4) is 0 Å². The molecule has 1 N–H and O–H groups in total. The van der Waals surface area contributed by atoms with Gasteiger partial charge in [0, 0.05) is 31.5 Å². The molecule has 0 radical (unpaired) electrons. The van der Waals surface area contributed by atoms with Crippen molar-refractivity contribution in [3.05, 3.63) is 11.6 Å². The highest BCUT2D eigenvalue weighted by Crippen LogP contribution is 2.38. The highest BCUT2D eigenvalue weighted by molar-refractivity contribution is 5.80. The fourth-order valence-electron chi connectivity index (χ4n) is 3.12. The summed E-state index contributed by atoms with van der Waals surface area (Å²) in [5, 5.41) is 7.44. The molecule has 1 unspecified atom stereocenters. The average Bonchev–Trinajstić information content (AvgIpc) is 3.35.